The number of amides is 1. The van der Waals surface area contributed by atoms with Gasteiger partial charge < -0.3 is 10.1 Å². The van der Waals surface area contributed by atoms with Crippen molar-refractivity contribution in [2.75, 3.05) is 11.9 Å². The number of ether oxygens (including phenoxy) is 1. The third-order valence-corrected chi connectivity index (χ3v) is 3.20. The number of pyridine rings is 1. The number of anilines is 1. The average molecular weight is 388 g/mol. The van der Waals surface area contributed by atoms with E-state index in [9.17, 15) is 14.0 Å². The highest BCUT2D eigenvalue weighted by molar-refractivity contribution is 9.10. The Balaban J connectivity index is 1.90. The molecule has 22 heavy (non-hydrogen) atoms. The van der Waals surface area contributed by atoms with Crippen molar-refractivity contribution in [1.82, 2.24) is 4.98 Å². The molecule has 1 heterocycles. The van der Waals surface area contributed by atoms with E-state index in [0.717, 1.165) is 6.07 Å². The largest absolute Gasteiger partial charge is 0.452 e. The van der Waals surface area contributed by atoms with Crippen molar-refractivity contribution < 1.29 is 18.7 Å². The number of nitrogens with zero attached hydrogens (tertiary/aromatic N) is 1. The van der Waals surface area contributed by atoms with E-state index < -0.39 is 24.3 Å². The van der Waals surface area contributed by atoms with Gasteiger partial charge in [0.25, 0.3) is 5.91 Å². The van der Waals surface area contributed by atoms with E-state index in [1.807, 2.05) is 0 Å². The van der Waals surface area contributed by atoms with Crippen LogP contribution in [0.4, 0.5) is 10.1 Å². The second-order valence-electron chi connectivity index (χ2n) is 4.15. The molecule has 0 saturated heterocycles. The molecule has 0 unspecified atom stereocenters. The maximum absolute atomic E-state index is 13.0. The first-order valence-electron chi connectivity index (χ1n) is 5.98. The average Bonchev–Trinajstić information content (AvgIpc) is 2.48. The Kier molecular flexibility index (Phi) is 5.46. The number of benzene rings is 1. The third-order valence-electron chi connectivity index (χ3n) is 2.48. The Morgan fingerprint density at radius 1 is 1.32 bits per heavy atom. The predicted molar refractivity (Wildman–Crippen MR) is 82.3 cm³/mol. The Bertz CT molecular complexity index is 727. The molecule has 0 radical (unpaired) electrons. The molecule has 0 saturated carbocycles. The monoisotopic (exact) mass is 386 g/mol. The molecule has 1 N–H and O–H groups in total. The van der Waals surface area contributed by atoms with Crippen LogP contribution in [0.25, 0.3) is 0 Å². The van der Waals surface area contributed by atoms with E-state index in [1.54, 1.807) is 0 Å². The lowest BCUT2D eigenvalue weighted by atomic mass is 10.3. The van der Waals surface area contributed by atoms with Crippen LogP contribution in [0.3, 0.4) is 0 Å². The minimum absolute atomic E-state index is 0.116. The molecule has 0 aliphatic rings. The predicted octanol–water partition coefficient (Wildman–Crippen LogP) is 3.43. The topological polar surface area (TPSA) is 68.3 Å². The SMILES string of the molecule is O=C(COC(=O)c1cncc(Br)c1)Nc1ccc(F)c(Cl)c1. The van der Waals surface area contributed by atoms with E-state index in [1.165, 1.54) is 30.6 Å². The first kappa shape index (κ1) is 16.4. The summed E-state index contributed by atoms with van der Waals surface area (Å²) >= 11 is 8.77. The van der Waals surface area contributed by atoms with Gasteiger partial charge in [0.05, 0.1) is 10.6 Å². The number of hydrogen-bond donors (Lipinski definition) is 1. The molecule has 0 fully saturated rings. The van der Waals surface area contributed by atoms with Gasteiger partial charge in [-0.2, -0.15) is 0 Å². The van der Waals surface area contributed by atoms with Gasteiger partial charge in [0.1, 0.15) is 5.82 Å². The maximum Gasteiger partial charge on any atom is 0.340 e. The molecule has 1 aromatic carbocycles. The second-order valence-corrected chi connectivity index (χ2v) is 5.47. The van der Waals surface area contributed by atoms with E-state index in [2.05, 4.69) is 26.2 Å². The standard InChI is InChI=1S/C14H9BrClFN2O3/c15-9-3-8(5-18-6-9)14(21)22-7-13(20)19-10-1-2-12(17)11(16)4-10/h1-6H,7H2,(H,19,20). The van der Waals surface area contributed by atoms with Gasteiger partial charge in [-0.05, 0) is 40.2 Å². The molecule has 2 aromatic rings. The Hall–Kier alpha value is -1.99. The molecule has 114 valence electrons. The lowest BCUT2D eigenvalue weighted by molar-refractivity contribution is -0.119. The molecule has 2 rings (SSSR count). The molecule has 0 spiro atoms. The molecule has 0 bridgehead atoms. The van der Waals surface area contributed by atoms with Gasteiger partial charge >= 0.3 is 5.97 Å². The van der Waals surface area contributed by atoms with Gasteiger partial charge in [0.15, 0.2) is 6.61 Å². The van der Waals surface area contributed by atoms with Crippen LogP contribution in [-0.2, 0) is 9.53 Å². The summed E-state index contributed by atoms with van der Waals surface area (Å²) in [7, 11) is 0. The highest BCUT2D eigenvalue weighted by atomic mass is 79.9. The fraction of sp³-hybridized carbons (Fsp3) is 0.0714. The zero-order valence-corrected chi connectivity index (χ0v) is 13.3. The van der Waals surface area contributed by atoms with Crippen molar-refractivity contribution in [2.45, 2.75) is 0 Å². The number of esters is 1. The lowest BCUT2D eigenvalue weighted by Crippen LogP contribution is -2.21. The van der Waals surface area contributed by atoms with Crippen LogP contribution in [0, 0.1) is 5.82 Å². The molecule has 8 heteroatoms. The lowest BCUT2D eigenvalue weighted by Gasteiger charge is -2.07. The number of rotatable bonds is 4. The van der Waals surface area contributed by atoms with Crippen molar-refractivity contribution >= 4 is 45.1 Å². The van der Waals surface area contributed by atoms with Crippen molar-refractivity contribution in [1.29, 1.82) is 0 Å². The number of carbonyl (C=O) groups is 2. The van der Waals surface area contributed by atoms with Crippen molar-refractivity contribution in [2.24, 2.45) is 0 Å². The van der Waals surface area contributed by atoms with Gasteiger partial charge in [-0.3, -0.25) is 9.78 Å². The summed E-state index contributed by atoms with van der Waals surface area (Å²) in [5.41, 5.74) is 0.517. The molecule has 0 aliphatic carbocycles. The summed E-state index contributed by atoms with van der Waals surface area (Å²) in [6.07, 6.45) is 2.84. The van der Waals surface area contributed by atoms with Crippen molar-refractivity contribution in [3.8, 4) is 0 Å². The molecule has 1 amide bonds. The maximum atomic E-state index is 13.0. The summed E-state index contributed by atoms with van der Waals surface area (Å²) in [5, 5.41) is 2.32. The van der Waals surface area contributed by atoms with E-state index in [-0.39, 0.29) is 10.6 Å². The summed E-state index contributed by atoms with van der Waals surface area (Å²) in [6.45, 7) is -0.486. The van der Waals surface area contributed by atoms with Gasteiger partial charge in [0.2, 0.25) is 0 Å². The summed E-state index contributed by atoms with van der Waals surface area (Å²) in [5.74, 6) is -1.84. The molecule has 0 atom stereocenters. The molecule has 5 nitrogen and oxygen atoms in total. The molecule has 1 aromatic heterocycles. The summed E-state index contributed by atoms with van der Waals surface area (Å²) in [6, 6.07) is 5.25. The van der Waals surface area contributed by atoms with Crippen LogP contribution in [0.1, 0.15) is 10.4 Å². The van der Waals surface area contributed by atoms with Crippen LogP contribution in [0.2, 0.25) is 5.02 Å². The van der Waals surface area contributed by atoms with Crippen LogP contribution in [-0.4, -0.2) is 23.5 Å². The van der Waals surface area contributed by atoms with Crippen LogP contribution in [0.15, 0.2) is 41.1 Å². The Labute approximate surface area is 138 Å². The normalized spacial score (nSPS) is 10.1. The first-order chi connectivity index (χ1) is 10.5. The highest BCUT2D eigenvalue weighted by Gasteiger charge is 2.11. The van der Waals surface area contributed by atoms with Gasteiger partial charge in [-0.15, -0.1) is 0 Å². The minimum atomic E-state index is -0.680. The van der Waals surface area contributed by atoms with Gasteiger partial charge in [-0.1, -0.05) is 11.6 Å². The number of aromatic nitrogens is 1. The van der Waals surface area contributed by atoms with Gasteiger partial charge in [-0.25, -0.2) is 9.18 Å². The number of carbonyl (C=O) groups excluding carboxylic acids is 2. The fourth-order valence-electron chi connectivity index (χ4n) is 1.51. The van der Waals surface area contributed by atoms with E-state index in [4.69, 9.17) is 16.3 Å². The first-order valence-corrected chi connectivity index (χ1v) is 7.15. The quantitative estimate of drug-likeness (QED) is 0.816. The zero-order valence-electron chi connectivity index (χ0n) is 11.0. The van der Waals surface area contributed by atoms with E-state index in [0.29, 0.717) is 10.2 Å². The smallest absolute Gasteiger partial charge is 0.340 e. The van der Waals surface area contributed by atoms with Crippen molar-refractivity contribution in [3.63, 3.8) is 0 Å². The summed E-state index contributed by atoms with van der Waals surface area (Å²) in [4.78, 5) is 27.2. The highest BCUT2D eigenvalue weighted by Crippen LogP contribution is 2.19. The number of halogens is 3. The van der Waals surface area contributed by atoms with Crippen molar-refractivity contribution in [3.05, 3.63) is 57.5 Å². The number of hydrogen-bond acceptors (Lipinski definition) is 4. The fourth-order valence-corrected chi connectivity index (χ4v) is 2.05. The van der Waals surface area contributed by atoms with Crippen LogP contribution >= 0.6 is 27.5 Å². The minimum Gasteiger partial charge on any atom is -0.452 e. The van der Waals surface area contributed by atoms with Crippen LogP contribution in [0.5, 0.6) is 0 Å². The van der Waals surface area contributed by atoms with Crippen LogP contribution < -0.4 is 5.32 Å². The Morgan fingerprint density at radius 3 is 2.77 bits per heavy atom. The molecular formula is C14H9BrClFN2O3. The third kappa shape index (κ3) is 4.51. The van der Waals surface area contributed by atoms with Gasteiger partial charge in [0, 0.05) is 22.6 Å². The summed E-state index contributed by atoms with van der Waals surface area (Å²) < 4.78 is 18.5. The molecule has 0 aliphatic heterocycles. The molecular weight excluding hydrogens is 379 g/mol. The van der Waals surface area contributed by atoms with E-state index >= 15 is 0 Å². The zero-order chi connectivity index (χ0) is 16.1. The number of nitrogens with one attached hydrogen (secondary N) is 1. The second kappa shape index (κ2) is 7.33. The Morgan fingerprint density at radius 2 is 2.09 bits per heavy atom.